The van der Waals surface area contributed by atoms with Crippen molar-refractivity contribution < 1.29 is 27.4 Å². The number of fused-ring (bicyclic) bond motifs is 1. The minimum absolute atomic E-state index is 0.161. The Morgan fingerprint density at radius 1 is 1.00 bits per heavy atom. The Bertz CT molecular complexity index is 1100. The molecule has 3 rings (SSSR count). The minimum Gasteiger partial charge on any atom is -0.493 e. The molecule has 1 aromatic heterocycles. The van der Waals surface area contributed by atoms with Crippen LogP contribution in [-0.4, -0.2) is 36.4 Å². The van der Waals surface area contributed by atoms with Crippen LogP contribution in [0.2, 0.25) is 0 Å². The Morgan fingerprint density at radius 3 is 2.41 bits per heavy atom. The molecule has 2 aromatic carbocycles. The number of methoxy groups -OCH3 is 2. The Balaban J connectivity index is 1.93. The van der Waals surface area contributed by atoms with Crippen molar-refractivity contribution in [3.63, 3.8) is 0 Å². The molecule has 3 aromatic rings. The number of nitrogens with zero attached hydrogens (tertiary/aromatic N) is 2. The molecule has 0 aliphatic carbocycles. The summed E-state index contributed by atoms with van der Waals surface area (Å²) >= 11 is 0. The van der Waals surface area contributed by atoms with E-state index >= 15 is 0 Å². The van der Waals surface area contributed by atoms with Crippen LogP contribution >= 0.6 is 0 Å². The fourth-order valence-corrected chi connectivity index (χ4v) is 3.01. The molecule has 0 aliphatic heterocycles. The van der Waals surface area contributed by atoms with Gasteiger partial charge in [-0.05, 0) is 44.5 Å². The normalized spacial score (nSPS) is 12.1. The first-order valence-corrected chi connectivity index (χ1v) is 9.97. The fourth-order valence-electron chi connectivity index (χ4n) is 3.01. The standard InChI is InChI=1S/C23H26F3N3O3/c1-14-28-18-11-19(30-4)20(32-13-22(2,3)31-5)10-17(18)21(29-14)27-12-15-7-6-8-16(9-15)23(24,25)26/h6-11H,12-13H2,1-5H3,(H,27,28,29). The SMILES string of the molecule is COc1cc2nc(C)nc(NCc3cccc(C(F)(F)F)c3)c2cc1OCC(C)(C)OC. The first-order valence-electron chi connectivity index (χ1n) is 9.97. The van der Waals surface area contributed by atoms with Crippen LogP contribution in [0.1, 0.15) is 30.8 Å². The predicted octanol–water partition coefficient (Wildman–Crippen LogP) is 5.38. The molecule has 32 heavy (non-hydrogen) atoms. The lowest BCUT2D eigenvalue weighted by atomic mass is 10.1. The van der Waals surface area contributed by atoms with Gasteiger partial charge in [-0.1, -0.05) is 12.1 Å². The van der Waals surface area contributed by atoms with Crippen LogP contribution in [0, 0.1) is 6.92 Å². The second kappa shape index (κ2) is 9.20. The largest absolute Gasteiger partial charge is 0.493 e. The molecule has 0 unspecified atom stereocenters. The molecule has 0 saturated carbocycles. The van der Waals surface area contributed by atoms with E-state index < -0.39 is 17.3 Å². The topological polar surface area (TPSA) is 65.5 Å². The Kier molecular flexibility index (Phi) is 6.78. The molecule has 6 nitrogen and oxygen atoms in total. The highest BCUT2D eigenvalue weighted by molar-refractivity contribution is 5.91. The van der Waals surface area contributed by atoms with Crippen LogP contribution in [0.15, 0.2) is 36.4 Å². The molecular formula is C23H26F3N3O3. The van der Waals surface area contributed by atoms with E-state index in [9.17, 15) is 13.2 Å². The molecule has 0 radical (unpaired) electrons. The Labute approximate surface area is 184 Å². The summed E-state index contributed by atoms with van der Waals surface area (Å²) in [6.07, 6.45) is -4.40. The van der Waals surface area contributed by atoms with Gasteiger partial charge in [0.1, 0.15) is 18.2 Å². The molecule has 0 fully saturated rings. The van der Waals surface area contributed by atoms with Gasteiger partial charge >= 0.3 is 6.18 Å². The number of nitrogens with one attached hydrogen (secondary N) is 1. The number of ether oxygens (including phenoxy) is 3. The lowest BCUT2D eigenvalue weighted by Crippen LogP contribution is -2.30. The van der Waals surface area contributed by atoms with E-state index in [0.717, 1.165) is 12.1 Å². The number of anilines is 1. The Morgan fingerprint density at radius 2 is 1.75 bits per heavy atom. The highest BCUT2D eigenvalue weighted by atomic mass is 19.4. The van der Waals surface area contributed by atoms with Crippen LogP contribution < -0.4 is 14.8 Å². The number of benzene rings is 2. The van der Waals surface area contributed by atoms with E-state index in [1.54, 1.807) is 32.2 Å². The minimum atomic E-state index is -4.40. The third-order valence-electron chi connectivity index (χ3n) is 4.94. The van der Waals surface area contributed by atoms with Gasteiger partial charge in [0.2, 0.25) is 0 Å². The number of aromatic nitrogens is 2. The smallest absolute Gasteiger partial charge is 0.416 e. The molecule has 172 valence electrons. The van der Waals surface area contributed by atoms with Crippen molar-refractivity contribution in [2.24, 2.45) is 0 Å². The van der Waals surface area contributed by atoms with Crippen molar-refractivity contribution in [1.82, 2.24) is 9.97 Å². The molecule has 1 N–H and O–H groups in total. The lowest BCUT2D eigenvalue weighted by Gasteiger charge is -2.23. The van der Waals surface area contributed by atoms with Crippen molar-refractivity contribution in [2.45, 2.75) is 39.1 Å². The molecule has 1 heterocycles. The summed E-state index contributed by atoms with van der Waals surface area (Å²) in [7, 11) is 3.14. The zero-order chi connectivity index (χ0) is 23.5. The number of rotatable bonds is 8. The van der Waals surface area contributed by atoms with Gasteiger partial charge in [0.05, 0.1) is 23.8 Å². The zero-order valence-electron chi connectivity index (χ0n) is 18.6. The summed E-state index contributed by atoms with van der Waals surface area (Å²) in [6.45, 7) is 5.98. The van der Waals surface area contributed by atoms with Gasteiger partial charge < -0.3 is 19.5 Å². The molecular weight excluding hydrogens is 423 g/mol. The van der Waals surface area contributed by atoms with Gasteiger partial charge in [-0.15, -0.1) is 0 Å². The number of alkyl halides is 3. The van der Waals surface area contributed by atoms with Crippen molar-refractivity contribution in [3.8, 4) is 11.5 Å². The molecule has 0 spiro atoms. The highest BCUT2D eigenvalue weighted by Gasteiger charge is 2.30. The average molecular weight is 449 g/mol. The van der Waals surface area contributed by atoms with E-state index in [1.807, 2.05) is 13.8 Å². The number of hydrogen-bond donors (Lipinski definition) is 1. The van der Waals surface area contributed by atoms with Crippen molar-refractivity contribution in [1.29, 1.82) is 0 Å². The van der Waals surface area contributed by atoms with Gasteiger partial charge in [0, 0.05) is 25.1 Å². The predicted molar refractivity (Wildman–Crippen MR) is 116 cm³/mol. The van der Waals surface area contributed by atoms with Crippen molar-refractivity contribution in [2.75, 3.05) is 26.1 Å². The van der Waals surface area contributed by atoms with Gasteiger partial charge in [-0.25, -0.2) is 9.97 Å². The van der Waals surface area contributed by atoms with Gasteiger partial charge in [-0.2, -0.15) is 13.2 Å². The van der Waals surface area contributed by atoms with E-state index in [2.05, 4.69) is 15.3 Å². The quantitative estimate of drug-likeness (QED) is 0.498. The summed E-state index contributed by atoms with van der Waals surface area (Å²) in [5, 5.41) is 3.79. The van der Waals surface area contributed by atoms with Crippen LogP contribution in [0.3, 0.4) is 0 Å². The van der Waals surface area contributed by atoms with Crippen molar-refractivity contribution >= 4 is 16.7 Å². The summed E-state index contributed by atoms with van der Waals surface area (Å²) in [5.41, 5.74) is -0.0917. The second-order valence-electron chi connectivity index (χ2n) is 7.94. The monoisotopic (exact) mass is 449 g/mol. The molecule has 0 saturated heterocycles. The number of halogens is 3. The first-order chi connectivity index (χ1) is 15.0. The second-order valence-corrected chi connectivity index (χ2v) is 7.94. The third-order valence-corrected chi connectivity index (χ3v) is 4.94. The maximum absolute atomic E-state index is 13.0. The van der Waals surface area contributed by atoms with Gasteiger partial charge in [0.15, 0.2) is 11.5 Å². The maximum Gasteiger partial charge on any atom is 0.416 e. The number of aryl methyl sites for hydroxylation is 1. The van der Waals surface area contributed by atoms with Crippen molar-refractivity contribution in [3.05, 3.63) is 53.3 Å². The molecule has 0 atom stereocenters. The van der Waals surface area contributed by atoms with Crippen LogP contribution in [-0.2, 0) is 17.5 Å². The Hall–Kier alpha value is -3.07. The molecule has 0 amide bonds. The van der Waals surface area contributed by atoms with E-state index in [0.29, 0.717) is 39.6 Å². The fraction of sp³-hybridized carbons (Fsp3) is 0.391. The summed E-state index contributed by atoms with van der Waals surface area (Å²) in [5.74, 6) is 2.00. The summed E-state index contributed by atoms with van der Waals surface area (Å²) in [4.78, 5) is 8.90. The first kappa shape index (κ1) is 23.6. The highest BCUT2D eigenvalue weighted by Crippen LogP contribution is 2.35. The van der Waals surface area contributed by atoms with Crippen LogP contribution in [0.5, 0.6) is 11.5 Å². The van der Waals surface area contributed by atoms with E-state index in [4.69, 9.17) is 14.2 Å². The van der Waals surface area contributed by atoms with E-state index in [-0.39, 0.29) is 13.2 Å². The molecule has 0 aliphatic rings. The van der Waals surface area contributed by atoms with Crippen LogP contribution in [0.25, 0.3) is 10.9 Å². The van der Waals surface area contributed by atoms with Crippen LogP contribution in [0.4, 0.5) is 19.0 Å². The summed E-state index contributed by atoms with van der Waals surface area (Å²) < 4.78 is 55.8. The average Bonchev–Trinajstić information content (AvgIpc) is 2.75. The third kappa shape index (κ3) is 5.59. The maximum atomic E-state index is 13.0. The summed E-state index contributed by atoms with van der Waals surface area (Å²) in [6, 6.07) is 8.68. The zero-order valence-corrected chi connectivity index (χ0v) is 18.6. The lowest BCUT2D eigenvalue weighted by molar-refractivity contribution is -0.137. The number of hydrogen-bond acceptors (Lipinski definition) is 6. The van der Waals surface area contributed by atoms with Gasteiger partial charge in [0.25, 0.3) is 0 Å². The van der Waals surface area contributed by atoms with Gasteiger partial charge in [-0.3, -0.25) is 0 Å². The molecule has 9 heteroatoms. The molecule has 0 bridgehead atoms. The van der Waals surface area contributed by atoms with E-state index in [1.165, 1.54) is 13.2 Å².